The topological polar surface area (TPSA) is 70.3 Å². The lowest BCUT2D eigenvalue weighted by molar-refractivity contribution is 0.465. The summed E-state index contributed by atoms with van der Waals surface area (Å²) in [5.41, 5.74) is 9.41. The molecule has 2 aromatic heterocycles. The number of hydrogen-bond donors (Lipinski definition) is 0. The van der Waals surface area contributed by atoms with Crippen LogP contribution in [0.15, 0.2) is 162 Å². The van der Waals surface area contributed by atoms with Crippen molar-refractivity contribution in [3.8, 4) is 68.3 Å². The van der Waals surface area contributed by atoms with Crippen LogP contribution in [0.1, 0.15) is 0 Å². The molecule has 0 atom stereocenters. The van der Waals surface area contributed by atoms with Crippen molar-refractivity contribution >= 4 is 45.0 Å². The van der Waals surface area contributed by atoms with Crippen LogP contribution in [0.2, 0.25) is 0 Å². The molecule has 0 spiro atoms. The second-order valence-electron chi connectivity index (χ2n) is 13.1. The standard InChI is InChI=1S/C45H26BN3O3/c1-3-13-27(14-4-1)43-47-44(28-15-5-2-6-16-28)49-45(48-43)32-19-11-18-31-40-30(17-12-24-37(40)52-42(31)32)29-25-38-41-39(26-29)51-36-23-10-8-21-34(36)46(41)33-20-7-9-22-35(33)50-38/h1-26H. The molecule has 0 unspecified atom stereocenters. The van der Waals surface area contributed by atoms with Gasteiger partial charge in [-0.25, -0.2) is 15.0 Å². The van der Waals surface area contributed by atoms with Crippen LogP contribution >= 0.6 is 0 Å². The first-order valence-corrected chi connectivity index (χ1v) is 17.3. The van der Waals surface area contributed by atoms with Crippen LogP contribution in [0.25, 0.3) is 67.2 Å². The summed E-state index contributed by atoms with van der Waals surface area (Å²) in [7, 11) is 0. The van der Waals surface area contributed by atoms with Crippen molar-refractivity contribution < 1.29 is 13.9 Å². The Kier molecular flexibility index (Phi) is 6.24. The minimum atomic E-state index is 0.0176. The fourth-order valence-corrected chi connectivity index (χ4v) is 7.74. The third-order valence-electron chi connectivity index (χ3n) is 10.1. The number of furan rings is 1. The van der Waals surface area contributed by atoms with Crippen LogP contribution in [0.3, 0.4) is 0 Å². The zero-order chi connectivity index (χ0) is 34.2. The summed E-state index contributed by atoms with van der Waals surface area (Å²) in [6.45, 7) is 0.0176. The first-order chi connectivity index (χ1) is 25.8. The van der Waals surface area contributed by atoms with E-state index < -0.39 is 0 Å². The van der Waals surface area contributed by atoms with Gasteiger partial charge in [-0.2, -0.15) is 0 Å². The second-order valence-corrected chi connectivity index (χ2v) is 13.1. The maximum atomic E-state index is 6.72. The summed E-state index contributed by atoms with van der Waals surface area (Å²) >= 11 is 0. The molecule has 0 N–H and O–H groups in total. The molecule has 0 amide bonds. The number of para-hydroxylation sites is 3. The summed E-state index contributed by atoms with van der Waals surface area (Å²) < 4.78 is 20.0. The highest BCUT2D eigenvalue weighted by molar-refractivity contribution is 6.98. The van der Waals surface area contributed by atoms with Gasteiger partial charge in [-0.05, 0) is 58.5 Å². The quantitative estimate of drug-likeness (QED) is 0.174. The summed E-state index contributed by atoms with van der Waals surface area (Å²) in [4.78, 5) is 14.9. The Bertz CT molecular complexity index is 2740. The Hall–Kier alpha value is -6.99. The van der Waals surface area contributed by atoms with E-state index in [1.54, 1.807) is 0 Å². The van der Waals surface area contributed by atoms with E-state index in [0.29, 0.717) is 23.1 Å². The number of rotatable bonds is 4. The molecule has 242 valence electrons. The maximum absolute atomic E-state index is 6.72. The van der Waals surface area contributed by atoms with Crippen molar-refractivity contribution in [3.05, 3.63) is 158 Å². The fourth-order valence-electron chi connectivity index (χ4n) is 7.74. The van der Waals surface area contributed by atoms with Crippen LogP contribution in [0.4, 0.5) is 0 Å². The van der Waals surface area contributed by atoms with Gasteiger partial charge < -0.3 is 13.9 Å². The van der Waals surface area contributed by atoms with Gasteiger partial charge in [-0.1, -0.05) is 121 Å². The van der Waals surface area contributed by atoms with E-state index in [9.17, 15) is 0 Å². The predicted octanol–water partition coefficient (Wildman–Crippen LogP) is 9.17. The summed E-state index contributed by atoms with van der Waals surface area (Å²) in [5, 5.41) is 1.96. The molecule has 52 heavy (non-hydrogen) atoms. The molecule has 11 rings (SSSR count). The van der Waals surface area contributed by atoms with Gasteiger partial charge >= 0.3 is 0 Å². The Morgan fingerprint density at radius 3 is 1.60 bits per heavy atom. The van der Waals surface area contributed by atoms with E-state index in [1.165, 1.54) is 0 Å². The average molecular weight is 668 g/mol. The molecule has 2 aliphatic heterocycles. The summed E-state index contributed by atoms with van der Waals surface area (Å²) in [5.74, 6) is 5.05. The van der Waals surface area contributed by atoms with Gasteiger partial charge in [0, 0.05) is 27.4 Å². The zero-order valence-electron chi connectivity index (χ0n) is 27.7. The Labute approximate surface area is 299 Å². The first kappa shape index (κ1) is 28.8. The average Bonchev–Trinajstić information content (AvgIpc) is 3.60. The number of fused-ring (bicyclic) bond motifs is 7. The van der Waals surface area contributed by atoms with Crippen molar-refractivity contribution in [2.24, 2.45) is 0 Å². The summed E-state index contributed by atoms with van der Waals surface area (Å²) in [6, 6.07) is 53.2. The lowest BCUT2D eigenvalue weighted by Crippen LogP contribution is -2.57. The van der Waals surface area contributed by atoms with Crippen molar-refractivity contribution in [3.63, 3.8) is 0 Å². The normalized spacial score (nSPS) is 12.5. The number of hydrogen-bond acceptors (Lipinski definition) is 6. The maximum Gasteiger partial charge on any atom is 0.260 e. The SMILES string of the molecule is c1ccc(-c2nc(-c3ccccc3)nc(-c3cccc4c3oc3cccc(-c5cc6c7c(c5)Oc5ccccc5B7c5ccccc5O6)c34)n2)cc1. The van der Waals surface area contributed by atoms with Gasteiger partial charge in [-0.15, -0.1) is 0 Å². The molecule has 9 aromatic rings. The predicted molar refractivity (Wildman–Crippen MR) is 207 cm³/mol. The van der Waals surface area contributed by atoms with Crippen LogP contribution in [-0.2, 0) is 0 Å². The summed E-state index contributed by atoms with van der Waals surface area (Å²) in [6.07, 6.45) is 0. The van der Waals surface area contributed by atoms with E-state index in [2.05, 4.69) is 48.5 Å². The van der Waals surface area contributed by atoms with E-state index in [-0.39, 0.29) is 6.71 Å². The van der Waals surface area contributed by atoms with Gasteiger partial charge in [0.2, 0.25) is 0 Å². The number of nitrogens with zero attached hydrogens (tertiary/aromatic N) is 3. The molecular weight excluding hydrogens is 641 g/mol. The van der Waals surface area contributed by atoms with Gasteiger partial charge in [0.1, 0.15) is 34.2 Å². The Morgan fingerprint density at radius 1 is 0.423 bits per heavy atom. The molecular formula is C45H26BN3O3. The third-order valence-corrected chi connectivity index (χ3v) is 10.1. The fraction of sp³-hybridized carbons (Fsp3) is 0. The van der Waals surface area contributed by atoms with Gasteiger partial charge in [-0.3, -0.25) is 0 Å². The highest BCUT2D eigenvalue weighted by Gasteiger charge is 2.40. The molecule has 0 radical (unpaired) electrons. The molecule has 0 aliphatic carbocycles. The molecule has 7 aromatic carbocycles. The lowest BCUT2D eigenvalue weighted by Gasteiger charge is -2.33. The molecule has 0 bridgehead atoms. The highest BCUT2D eigenvalue weighted by atomic mass is 16.5. The van der Waals surface area contributed by atoms with E-state index in [1.807, 2.05) is 109 Å². The highest BCUT2D eigenvalue weighted by Crippen LogP contribution is 2.43. The van der Waals surface area contributed by atoms with Crippen LogP contribution in [0, 0.1) is 0 Å². The van der Waals surface area contributed by atoms with E-state index in [0.717, 1.165) is 83.6 Å². The van der Waals surface area contributed by atoms with Gasteiger partial charge in [0.05, 0.1) is 5.56 Å². The van der Waals surface area contributed by atoms with Crippen molar-refractivity contribution in [1.29, 1.82) is 0 Å². The monoisotopic (exact) mass is 667 g/mol. The molecule has 0 fully saturated rings. The molecule has 2 aliphatic rings. The first-order valence-electron chi connectivity index (χ1n) is 17.3. The minimum Gasteiger partial charge on any atom is -0.458 e. The minimum absolute atomic E-state index is 0.0176. The molecule has 6 nitrogen and oxygen atoms in total. The number of ether oxygens (including phenoxy) is 2. The Balaban J connectivity index is 1.10. The van der Waals surface area contributed by atoms with Crippen LogP contribution < -0.4 is 25.9 Å². The molecule has 4 heterocycles. The molecule has 0 saturated heterocycles. The second kappa shape index (κ2) is 11.3. The van der Waals surface area contributed by atoms with Crippen molar-refractivity contribution in [2.75, 3.05) is 0 Å². The lowest BCUT2D eigenvalue weighted by atomic mass is 9.35. The van der Waals surface area contributed by atoms with Gasteiger partial charge in [0.15, 0.2) is 17.5 Å². The van der Waals surface area contributed by atoms with E-state index >= 15 is 0 Å². The van der Waals surface area contributed by atoms with Crippen LogP contribution in [-0.4, -0.2) is 21.7 Å². The molecule has 7 heteroatoms. The van der Waals surface area contributed by atoms with E-state index in [4.69, 9.17) is 28.8 Å². The Morgan fingerprint density at radius 2 is 0.962 bits per heavy atom. The van der Waals surface area contributed by atoms with Crippen molar-refractivity contribution in [1.82, 2.24) is 15.0 Å². The smallest absolute Gasteiger partial charge is 0.260 e. The zero-order valence-corrected chi connectivity index (χ0v) is 27.7. The third kappa shape index (κ3) is 4.42. The van der Waals surface area contributed by atoms with Crippen molar-refractivity contribution in [2.45, 2.75) is 0 Å². The van der Waals surface area contributed by atoms with Gasteiger partial charge in [0.25, 0.3) is 6.71 Å². The number of benzene rings is 7. The molecule has 0 saturated carbocycles. The largest absolute Gasteiger partial charge is 0.458 e. The van der Waals surface area contributed by atoms with Crippen LogP contribution in [0.5, 0.6) is 23.0 Å². The number of aromatic nitrogens is 3.